The van der Waals surface area contributed by atoms with E-state index in [2.05, 4.69) is 0 Å². The summed E-state index contributed by atoms with van der Waals surface area (Å²) in [5, 5.41) is 2.00. The van der Waals surface area contributed by atoms with Crippen LogP contribution in [0, 0.1) is 0 Å². The molecule has 6 heteroatoms. The molecule has 102 valence electrons. The molecule has 0 unspecified atom stereocenters. The van der Waals surface area contributed by atoms with E-state index >= 15 is 0 Å². The smallest absolute Gasteiger partial charge is 0.248 e. The van der Waals surface area contributed by atoms with Crippen LogP contribution in [0.1, 0.15) is 4.88 Å². The lowest BCUT2D eigenvalue weighted by Gasteiger charge is -2.21. The zero-order valence-corrected chi connectivity index (χ0v) is 11.4. The third kappa shape index (κ3) is 5.59. The lowest BCUT2D eigenvalue weighted by molar-refractivity contribution is -0.137. The Hall–Kier alpha value is -0.950. The number of carbonyl (C=O) groups excluding carboxylic acids is 1. The molecule has 0 atom stereocenters. The topological polar surface area (TPSA) is 64.8 Å². The van der Waals surface area contributed by atoms with Crippen molar-refractivity contribution in [3.05, 3.63) is 22.4 Å². The van der Waals surface area contributed by atoms with E-state index in [0.29, 0.717) is 32.8 Å². The number of rotatable bonds is 9. The minimum absolute atomic E-state index is 0.0334. The van der Waals surface area contributed by atoms with Crippen molar-refractivity contribution >= 4 is 17.2 Å². The van der Waals surface area contributed by atoms with Gasteiger partial charge in [0.2, 0.25) is 5.91 Å². The van der Waals surface area contributed by atoms with Crippen LogP contribution in [0.4, 0.5) is 0 Å². The third-order valence-electron chi connectivity index (χ3n) is 2.33. The summed E-state index contributed by atoms with van der Waals surface area (Å²) < 4.78 is 10.2. The van der Waals surface area contributed by atoms with Crippen LogP contribution in [0.5, 0.6) is 0 Å². The van der Waals surface area contributed by atoms with E-state index in [9.17, 15) is 4.79 Å². The van der Waals surface area contributed by atoms with E-state index in [0.717, 1.165) is 4.88 Å². The second kappa shape index (κ2) is 9.04. The van der Waals surface area contributed by atoms with Crippen molar-refractivity contribution in [1.29, 1.82) is 0 Å². The average Bonchev–Trinajstić information content (AvgIpc) is 2.87. The largest absolute Gasteiger partial charge is 0.383 e. The molecule has 2 N–H and O–H groups in total. The third-order valence-corrected chi connectivity index (χ3v) is 3.19. The molecule has 18 heavy (non-hydrogen) atoms. The molecule has 1 heterocycles. The quantitative estimate of drug-likeness (QED) is 0.672. The number of nitrogens with zero attached hydrogens (tertiary/aromatic N) is 1. The number of ether oxygens (including phenoxy) is 2. The Kier molecular flexibility index (Phi) is 7.59. The first-order chi connectivity index (χ1) is 8.77. The van der Waals surface area contributed by atoms with Crippen molar-refractivity contribution in [2.75, 3.05) is 40.0 Å². The van der Waals surface area contributed by atoms with Crippen LogP contribution in [-0.4, -0.2) is 50.8 Å². The normalized spacial score (nSPS) is 10.6. The van der Waals surface area contributed by atoms with Gasteiger partial charge >= 0.3 is 0 Å². The van der Waals surface area contributed by atoms with Gasteiger partial charge in [0.25, 0.3) is 0 Å². The summed E-state index contributed by atoms with van der Waals surface area (Å²) in [5.41, 5.74) is 5.31. The van der Waals surface area contributed by atoms with Crippen LogP contribution in [-0.2, 0) is 20.8 Å². The molecule has 0 aromatic carbocycles. The van der Waals surface area contributed by atoms with Crippen LogP contribution in [0.2, 0.25) is 0 Å². The molecule has 5 nitrogen and oxygen atoms in total. The van der Waals surface area contributed by atoms with Gasteiger partial charge in [-0.1, -0.05) is 6.07 Å². The summed E-state index contributed by atoms with van der Waals surface area (Å²) in [5.74, 6) is -0.0334. The fourth-order valence-electron chi connectivity index (χ4n) is 1.42. The number of hydrogen-bond acceptors (Lipinski definition) is 5. The molecule has 0 radical (unpaired) electrons. The number of amides is 1. The molecule has 0 aliphatic carbocycles. The molecule has 1 aromatic heterocycles. The number of nitrogens with two attached hydrogens (primary N) is 1. The highest BCUT2D eigenvalue weighted by Crippen LogP contribution is 2.11. The minimum atomic E-state index is -0.0334. The van der Waals surface area contributed by atoms with Crippen molar-refractivity contribution in [1.82, 2.24) is 4.90 Å². The van der Waals surface area contributed by atoms with Gasteiger partial charge in [0, 0.05) is 25.1 Å². The average molecular weight is 272 g/mol. The van der Waals surface area contributed by atoms with Gasteiger partial charge in [-0.2, -0.15) is 0 Å². The summed E-state index contributed by atoms with van der Waals surface area (Å²) in [4.78, 5) is 14.9. The zero-order valence-electron chi connectivity index (χ0n) is 10.6. The molecule has 0 fully saturated rings. The molecule has 1 aromatic rings. The maximum Gasteiger partial charge on any atom is 0.248 e. The fraction of sp³-hybridized carbons (Fsp3) is 0.583. The van der Waals surface area contributed by atoms with Gasteiger partial charge in [-0.05, 0) is 11.4 Å². The van der Waals surface area contributed by atoms with E-state index in [1.54, 1.807) is 23.3 Å². The highest BCUT2D eigenvalue weighted by atomic mass is 32.1. The van der Waals surface area contributed by atoms with Crippen molar-refractivity contribution in [2.24, 2.45) is 5.73 Å². The molecule has 0 spiro atoms. The summed E-state index contributed by atoms with van der Waals surface area (Å²) in [7, 11) is 1.62. The molecule has 0 saturated carbocycles. The number of hydrogen-bond donors (Lipinski definition) is 1. The first kappa shape index (κ1) is 15.1. The first-order valence-corrected chi connectivity index (χ1v) is 6.72. The van der Waals surface area contributed by atoms with E-state index < -0.39 is 0 Å². The van der Waals surface area contributed by atoms with Crippen LogP contribution < -0.4 is 5.73 Å². The van der Waals surface area contributed by atoms with E-state index in [1.807, 2.05) is 17.5 Å². The monoisotopic (exact) mass is 272 g/mol. The summed E-state index contributed by atoms with van der Waals surface area (Å²) in [6, 6.07) is 3.99. The van der Waals surface area contributed by atoms with E-state index in [4.69, 9.17) is 15.2 Å². The van der Waals surface area contributed by atoms with Crippen molar-refractivity contribution in [3.8, 4) is 0 Å². The standard InChI is InChI=1S/C12H20N2O3S/c1-16-7-5-14(9-11-3-2-8-18-11)12(15)10-17-6-4-13/h2-3,8H,4-7,9-10,13H2,1H3. The summed E-state index contributed by atoms with van der Waals surface area (Å²) in [6.45, 7) is 2.60. The Balaban J connectivity index is 2.45. The lowest BCUT2D eigenvalue weighted by Crippen LogP contribution is -2.36. The summed E-state index contributed by atoms with van der Waals surface area (Å²) >= 11 is 1.63. The van der Waals surface area contributed by atoms with E-state index in [-0.39, 0.29) is 12.5 Å². The van der Waals surface area contributed by atoms with Crippen LogP contribution in [0.25, 0.3) is 0 Å². The Labute approximate surface area is 111 Å². The lowest BCUT2D eigenvalue weighted by atomic mass is 10.4. The van der Waals surface area contributed by atoms with Crippen molar-refractivity contribution in [2.45, 2.75) is 6.54 Å². The first-order valence-electron chi connectivity index (χ1n) is 5.84. The Morgan fingerprint density at radius 2 is 2.33 bits per heavy atom. The maximum atomic E-state index is 12.0. The molecule has 0 saturated heterocycles. The van der Waals surface area contributed by atoms with Gasteiger partial charge in [-0.3, -0.25) is 4.79 Å². The van der Waals surface area contributed by atoms with Gasteiger partial charge < -0.3 is 20.1 Å². The minimum Gasteiger partial charge on any atom is -0.383 e. The number of thiophene rings is 1. The molecule has 1 amide bonds. The van der Waals surface area contributed by atoms with Crippen molar-refractivity contribution in [3.63, 3.8) is 0 Å². The molecule has 0 aliphatic rings. The van der Waals surface area contributed by atoms with E-state index in [1.165, 1.54) is 0 Å². The molecular weight excluding hydrogens is 252 g/mol. The van der Waals surface area contributed by atoms with Gasteiger partial charge in [0.05, 0.1) is 19.8 Å². The SMILES string of the molecule is COCCN(Cc1cccs1)C(=O)COCCN. The van der Waals surface area contributed by atoms with Gasteiger partial charge in [-0.15, -0.1) is 11.3 Å². The second-order valence-corrected chi connectivity index (χ2v) is 4.76. The Bertz CT molecular complexity index is 330. The Morgan fingerprint density at radius 1 is 1.50 bits per heavy atom. The van der Waals surface area contributed by atoms with Gasteiger partial charge in [0.15, 0.2) is 0 Å². The molecule has 0 bridgehead atoms. The predicted molar refractivity (Wildman–Crippen MR) is 71.5 cm³/mol. The van der Waals surface area contributed by atoms with Crippen LogP contribution in [0.3, 0.4) is 0 Å². The highest BCUT2D eigenvalue weighted by molar-refractivity contribution is 7.09. The zero-order chi connectivity index (χ0) is 13.2. The number of methoxy groups -OCH3 is 1. The Morgan fingerprint density at radius 3 is 2.94 bits per heavy atom. The predicted octanol–water partition coefficient (Wildman–Crippen LogP) is 0.698. The fourth-order valence-corrected chi connectivity index (χ4v) is 2.14. The highest BCUT2D eigenvalue weighted by Gasteiger charge is 2.14. The molecule has 0 aliphatic heterocycles. The number of carbonyl (C=O) groups is 1. The van der Waals surface area contributed by atoms with Gasteiger partial charge in [-0.25, -0.2) is 0 Å². The van der Waals surface area contributed by atoms with Crippen LogP contribution >= 0.6 is 11.3 Å². The van der Waals surface area contributed by atoms with Crippen molar-refractivity contribution < 1.29 is 14.3 Å². The molecule has 1 rings (SSSR count). The second-order valence-electron chi connectivity index (χ2n) is 3.73. The molecular formula is C12H20N2O3S. The summed E-state index contributed by atoms with van der Waals surface area (Å²) in [6.07, 6.45) is 0. The maximum absolute atomic E-state index is 12.0. The van der Waals surface area contributed by atoms with Crippen LogP contribution in [0.15, 0.2) is 17.5 Å². The van der Waals surface area contributed by atoms with Gasteiger partial charge in [0.1, 0.15) is 6.61 Å².